The highest BCUT2D eigenvalue weighted by atomic mass is 32.1. The van der Waals surface area contributed by atoms with Crippen LogP contribution >= 0.6 is 11.3 Å². The van der Waals surface area contributed by atoms with Gasteiger partial charge in [-0.1, -0.05) is 11.3 Å². The second-order valence-corrected chi connectivity index (χ2v) is 5.80. The van der Waals surface area contributed by atoms with Crippen LogP contribution in [0.2, 0.25) is 0 Å². The highest BCUT2D eigenvalue weighted by Crippen LogP contribution is 2.21. The van der Waals surface area contributed by atoms with Crippen LogP contribution in [0.25, 0.3) is 0 Å². The fraction of sp³-hybridized carbons (Fsp3) is 0.500. The van der Waals surface area contributed by atoms with Crippen molar-refractivity contribution < 1.29 is 4.74 Å². The van der Waals surface area contributed by atoms with Crippen molar-refractivity contribution in [1.29, 1.82) is 0 Å². The number of aromatic nitrogens is 4. The molecule has 0 atom stereocenters. The molecule has 0 bridgehead atoms. The molecule has 0 radical (unpaired) electrons. The monoisotopic (exact) mass is 309 g/mol. The summed E-state index contributed by atoms with van der Waals surface area (Å²) in [5.74, 6) is 0. The molecule has 8 nitrogen and oxygen atoms in total. The number of aryl methyl sites for hydroxylation is 1. The van der Waals surface area contributed by atoms with E-state index in [2.05, 4.69) is 20.1 Å². The van der Waals surface area contributed by atoms with Gasteiger partial charge in [0.15, 0.2) is 0 Å². The first-order valence-electron chi connectivity index (χ1n) is 6.59. The Morgan fingerprint density at radius 1 is 1.33 bits per heavy atom. The molecule has 21 heavy (non-hydrogen) atoms. The third kappa shape index (κ3) is 3.03. The average Bonchev–Trinajstić information content (AvgIpc) is 2.92. The molecule has 9 heteroatoms. The quantitative estimate of drug-likeness (QED) is 0.828. The topological polar surface area (TPSA) is 93.1 Å². The zero-order valence-corrected chi connectivity index (χ0v) is 12.4. The van der Waals surface area contributed by atoms with Crippen LogP contribution in [0, 0.1) is 6.92 Å². The molecule has 2 aromatic heterocycles. The lowest BCUT2D eigenvalue weighted by molar-refractivity contribution is 0.122. The molecule has 0 aromatic carbocycles. The number of anilines is 1. The van der Waals surface area contributed by atoms with Gasteiger partial charge >= 0.3 is 5.69 Å². The number of hydrogen-bond acceptors (Lipinski definition) is 7. The summed E-state index contributed by atoms with van der Waals surface area (Å²) < 4.78 is 6.41. The Morgan fingerprint density at radius 3 is 2.81 bits per heavy atom. The van der Waals surface area contributed by atoms with Crippen LogP contribution in [-0.4, -0.2) is 46.1 Å². The van der Waals surface area contributed by atoms with E-state index in [0.29, 0.717) is 23.9 Å². The van der Waals surface area contributed by atoms with Crippen molar-refractivity contribution in [1.82, 2.24) is 19.7 Å². The Balaban J connectivity index is 1.81. The van der Waals surface area contributed by atoms with Crippen molar-refractivity contribution >= 4 is 16.5 Å². The maximum Gasteiger partial charge on any atom is 0.328 e. The highest BCUT2D eigenvalue weighted by Gasteiger charge is 2.16. The number of rotatable bonds is 3. The smallest absolute Gasteiger partial charge is 0.328 e. The molecular weight excluding hydrogens is 294 g/mol. The predicted molar refractivity (Wildman–Crippen MR) is 78.1 cm³/mol. The molecule has 3 rings (SSSR count). The minimum atomic E-state index is -0.428. The van der Waals surface area contributed by atoms with Crippen LogP contribution < -0.4 is 16.1 Å². The van der Waals surface area contributed by atoms with Crippen molar-refractivity contribution in [3.05, 3.63) is 37.6 Å². The number of hydrogen-bond donors (Lipinski definition) is 1. The van der Waals surface area contributed by atoms with E-state index in [1.54, 1.807) is 6.92 Å². The van der Waals surface area contributed by atoms with Crippen molar-refractivity contribution in [2.45, 2.75) is 13.5 Å². The molecule has 1 aliphatic rings. The van der Waals surface area contributed by atoms with Gasteiger partial charge in [-0.25, -0.2) is 4.79 Å². The van der Waals surface area contributed by atoms with Crippen LogP contribution in [0.4, 0.5) is 5.13 Å². The summed E-state index contributed by atoms with van der Waals surface area (Å²) in [6.07, 6.45) is 0. The Kier molecular flexibility index (Phi) is 3.84. The van der Waals surface area contributed by atoms with Crippen molar-refractivity contribution in [3.8, 4) is 0 Å². The van der Waals surface area contributed by atoms with Gasteiger partial charge < -0.3 is 14.6 Å². The van der Waals surface area contributed by atoms with Crippen molar-refractivity contribution in [2.75, 3.05) is 31.2 Å². The summed E-state index contributed by atoms with van der Waals surface area (Å²) in [7, 11) is 0. The molecule has 0 saturated carbocycles. The number of aromatic amines is 1. The normalized spacial score (nSPS) is 15.4. The summed E-state index contributed by atoms with van der Waals surface area (Å²) >= 11 is 1.39. The van der Waals surface area contributed by atoms with Crippen LogP contribution in [0.3, 0.4) is 0 Å². The molecule has 1 N–H and O–H groups in total. The fourth-order valence-electron chi connectivity index (χ4n) is 2.11. The molecule has 0 spiro atoms. The van der Waals surface area contributed by atoms with E-state index in [4.69, 9.17) is 4.74 Å². The van der Waals surface area contributed by atoms with E-state index in [-0.39, 0.29) is 12.1 Å². The molecule has 1 aliphatic heterocycles. The average molecular weight is 309 g/mol. The summed E-state index contributed by atoms with van der Waals surface area (Å²) in [6, 6.07) is 1.39. The molecule has 1 fully saturated rings. The minimum absolute atomic E-state index is 0.135. The summed E-state index contributed by atoms with van der Waals surface area (Å²) in [6.45, 7) is 4.71. The zero-order chi connectivity index (χ0) is 14.8. The Hall–Kier alpha value is -2.00. The van der Waals surface area contributed by atoms with E-state index in [1.807, 2.05) is 0 Å². The molecule has 3 heterocycles. The van der Waals surface area contributed by atoms with Crippen LogP contribution in [0.1, 0.15) is 10.7 Å². The van der Waals surface area contributed by atoms with E-state index in [1.165, 1.54) is 17.4 Å². The fourth-order valence-corrected chi connectivity index (χ4v) is 2.99. The molecular formula is C12H15N5O3S. The lowest BCUT2D eigenvalue weighted by atomic mass is 10.4. The lowest BCUT2D eigenvalue weighted by Gasteiger charge is -2.25. The van der Waals surface area contributed by atoms with E-state index >= 15 is 0 Å². The molecule has 0 unspecified atom stereocenters. The number of nitrogens with zero attached hydrogens (tertiary/aromatic N) is 4. The first-order chi connectivity index (χ1) is 10.1. The van der Waals surface area contributed by atoms with Gasteiger partial charge in [0.1, 0.15) is 5.01 Å². The van der Waals surface area contributed by atoms with E-state index in [0.717, 1.165) is 22.8 Å². The highest BCUT2D eigenvalue weighted by molar-refractivity contribution is 7.15. The zero-order valence-electron chi connectivity index (χ0n) is 11.5. The summed E-state index contributed by atoms with van der Waals surface area (Å²) in [4.78, 5) is 28.4. The van der Waals surface area contributed by atoms with Crippen LogP contribution in [-0.2, 0) is 11.3 Å². The predicted octanol–water partition coefficient (Wildman–Crippen LogP) is -0.419. The second kappa shape index (κ2) is 5.78. The second-order valence-electron chi connectivity index (χ2n) is 4.76. The van der Waals surface area contributed by atoms with E-state index < -0.39 is 5.69 Å². The molecule has 0 amide bonds. The first kappa shape index (κ1) is 14.0. The number of nitrogens with one attached hydrogen (secondary N) is 1. The lowest BCUT2D eigenvalue weighted by Crippen LogP contribution is -2.36. The van der Waals surface area contributed by atoms with Crippen LogP contribution in [0.15, 0.2) is 15.7 Å². The van der Waals surface area contributed by atoms with Gasteiger partial charge in [-0.05, 0) is 6.92 Å². The van der Waals surface area contributed by atoms with Crippen molar-refractivity contribution in [2.24, 2.45) is 0 Å². The number of ether oxygens (including phenoxy) is 1. The van der Waals surface area contributed by atoms with Gasteiger partial charge in [0, 0.05) is 24.8 Å². The largest absolute Gasteiger partial charge is 0.378 e. The molecule has 1 saturated heterocycles. The first-order valence-corrected chi connectivity index (χ1v) is 7.41. The number of H-pyrrole nitrogens is 1. The molecule has 0 aliphatic carbocycles. The van der Waals surface area contributed by atoms with Gasteiger partial charge in [0.25, 0.3) is 5.56 Å². The van der Waals surface area contributed by atoms with Gasteiger partial charge in [-0.15, -0.1) is 10.2 Å². The Labute approximate surface area is 124 Å². The third-order valence-electron chi connectivity index (χ3n) is 3.19. The van der Waals surface area contributed by atoms with E-state index in [9.17, 15) is 9.59 Å². The Bertz CT molecular complexity index is 713. The van der Waals surface area contributed by atoms with Gasteiger partial charge in [0.05, 0.1) is 19.8 Å². The van der Waals surface area contributed by atoms with Crippen molar-refractivity contribution in [3.63, 3.8) is 0 Å². The number of morpholine rings is 1. The van der Waals surface area contributed by atoms with Gasteiger partial charge in [0.2, 0.25) is 5.13 Å². The van der Waals surface area contributed by atoms with Crippen LogP contribution in [0.5, 0.6) is 0 Å². The SMILES string of the molecule is Cc1cc(=O)n(Cc2nnc(N3CCOCC3)s2)c(=O)[nH]1. The van der Waals surface area contributed by atoms with Gasteiger partial charge in [-0.3, -0.25) is 9.36 Å². The van der Waals surface area contributed by atoms with Gasteiger partial charge in [-0.2, -0.15) is 0 Å². The molecule has 112 valence electrons. The summed E-state index contributed by atoms with van der Waals surface area (Å²) in [5.41, 5.74) is -0.213. The minimum Gasteiger partial charge on any atom is -0.378 e. The summed E-state index contributed by atoms with van der Waals surface area (Å²) in [5, 5.41) is 9.62. The third-order valence-corrected chi connectivity index (χ3v) is 4.16. The maximum absolute atomic E-state index is 11.8. The maximum atomic E-state index is 11.8. The molecule has 2 aromatic rings. The standard InChI is InChI=1S/C12H15N5O3S/c1-8-6-10(18)17(11(19)13-8)7-9-14-15-12(21-9)16-2-4-20-5-3-16/h6H,2-5,7H2,1H3,(H,13,19). The Morgan fingerprint density at radius 2 is 2.10 bits per heavy atom.